The second-order valence-electron chi connectivity index (χ2n) is 5.47. The predicted molar refractivity (Wildman–Crippen MR) is 76.5 cm³/mol. The lowest BCUT2D eigenvalue weighted by Gasteiger charge is -2.38. The number of amides is 1. The normalized spacial score (nSPS) is 22.8. The number of anilines is 1. The summed E-state index contributed by atoms with van der Waals surface area (Å²) >= 11 is 1.74. The predicted octanol–water partition coefficient (Wildman–Crippen LogP) is 1.70. The summed E-state index contributed by atoms with van der Waals surface area (Å²) in [5, 5.41) is 13.7. The molecule has 4 nitrogen and oxygen atoms in total. The number of nitrogens with zero attached hydrogens (tertiary/aromatic N) is 2. The van der Waals surface area contributed by atoms with Crippen molar-refractivity contribution < 1.29 is 9.90 Å². The molecule has 1 saturated carbocycles. The van der Waals surface area contributed by atoms with Crippen molar-refractivity contribution in [3.05, 3.63) is 17.5 Å². The van der Waals surface area contributed by atoms with Gasteiger partial charge in [-0.2, -0.15) is 0 Å². The van der Waals surface area contributed by atoms with E-state index in [0.29, 0.717) is 12.8 Å². The van der Waals surface area contributed by atoms with E-state index in [4.69, 9.17) is 0 Å². The van der Waals surface area contributed by atoms with Crippen LogP contribution in [0, 0.1) is 0 Å². The van der Waals surface area contributed by atoms with Gasteiger partial charge in [-0.1, -0.05) is 0 Å². The Labute approximate surface area is 117 Å². The minimum absolute atomic E-state index is 0.0455. The van der Waals surface area contributed by atoms with Gasteiger partial charge in [-0.3, -0.25) is 4.79 Å². The van der Waals surface area contributed by atoms with Crippen LogP contribution in [0.15, 0.2) is 17.5 Å². The van der Waals surface area contributed by atoms with Crippen molar-refractivity contribution in [1.82, 2.24) is 4.90 Å². The van der Waals surface area contributed by atoms with Crippen molar-refractivity contribution in [2.45, 2.75) is 31.3 Å². The summed E-state index contributed by atoms with van der Waals surface area (Å²) in [5.41, 5.74) is -1.06. The highest BCUT2D eigenvalue weighted by Gasteiger charge is 2.42. The van der Waals surface area contributed by atoms with E-state index in [-0.39, 0.29) is 5.91 Å². The SMILES string of the molecule is O=C(N1CCN(c2cccs2)CC1)C1(O)CCCC1. The maximum atomic E-state index is 12.4. The minimum Gasteiger partial charge on any atom is -0.380 e. The van der Waals surface area contributed by atoms with E-state index in [1.54, 1.807) is 11.3 Å². The van der Waals surface area contributed by atoms with Crippen LogP contribution in [0.1, 0.15) is 25.7 Å². The Morgan fingerprint density at radius 1 is 1.21 bits per heavy atom. The molecule has 1 saturated heterocycles. The van der Waals surface area contributed by atoms with Gasteiger partial charge in [-0.25, -0.2) is 0 Å². The number of thiophene rings is 1. The molecule has 2 fully saturated rings. The number of rotatable bonds is 2. The van der Waals surface area contributed by atoms with Crippen molar-refractivity contribution in [2.75, 3.05) is 31.1 Å². The monoisotopic (exact) mass is 280 g/mol. The van der Waals surface area contributed by atoms with Crippen LogP contribution in [-0.2, 0) is 4.79 Å². The van der Waals surface area contributed by atoms with Crippen LogP contribution in [0.3, 0.4) is 0 Å². The molecule has 2 heterocycles. The van der Waals surface area contributed by atoms with Gasteiger partial charge in [0.05, 0.1) is 5.00 Å². The lowest BCUT2D eigenvalue weighted by atomic mass is 10.00. The summed E-state index contributed by atoms with van der Waals surface area (Å²) in [5.74, 6) is -0.0455. The van der Waals surface area contributed by atoms with E-state index < -0.39 is 5.60 Å². The van der Waals surface area contributed by atoms with Gasteiger partial charge < -0.3 is 14.9 Å². The lowest BCUT2D eigenvalue weighted by molar-refractivity contribution is -0.151. The molecule has 5 heteroatoms. The Bertz CT molecular complexity index is 432. The first-order valence-electron chi connectivity index (χ1n) is 6.99. The van der Waals surface area contributed by atoms with Crippen LogP contribution >= 0.6 is 11.3 Å². The molecular formula is C14H20N2O2S. The van der Waals surface area contributed by atoms with Gasteiger partial charge in [0.1, 0.15) is 5.60 Å². The molecule has 1 aromatic heterocycles. The fourth-order valence-electron chi connectivity index (χ4n) is 3.05. The summed E-state index contributed by atoms with van der Waals surface area (Å²) in [6, 6.07) is 4.17. The van der Waals surface area contributed by atoms with Crippen molar-refractivity contribution in [3.8, 4) is 0 Å². The summed E-state index contributed by atoms with van der Waals surface area (Å²) in [4.78, 5) is 16.5. The topological polar surface area (TPSA) is 43.8 Å². The summed E-state index contributed by atoms with van der Waals surface area (Å²) in [7, 11) is 0. The van der Waals surface area contributed by atoms with Gasteiger partial charge >= 0.3 is 0 Å². The van der Waals surface area contributed by atoms with E-state index in [2.05, 4.69) is 22.4 Å². The fourth-order valence-corrected chi connectivity index (χ4v) is 3.83. The molecule has 1 N–H and O–H groups in total. The molecule has 0 atom stereocenters. The second-order valence-corrected chi connectivity index (χ2v) is 6.40. The highest BCUT2D eigenvalue weighted by molar-refractivity contribution is 7.14. The summed E-state index contributed by atoms with van der Waals surface area (Å²) < 4.78 is 0. The van der Waals surface area contributed by atoms with E-state index in [0.717, 1.165) is 39.0 Å². The number of hydrogen-bond acceptors (Lipinski definition) is 4. The Kier molecular flexibility index (Phi) is 3.50. The average Bonchev–Trinajstić information content (AvgIpc) is 3.10. The minimum atomic E-state index is -1.06. The zero-order chi connectivity index (χ0) is 13.3. The molecule has 0 aromatic carbocycles. The maximum Gasteiger partial charge on any atom is 0.254 e. The largest absolute Gasteiger partial charge is 0.380 e. The number of carbonyl (C=O) groups excluding carboxylic acids is 1. The van der Waals surface area contributed by atoms with E-state index in [9.17, 15) is 9.90 Å². The number of aliphatic hydroxyl groups is 1. The first-order chi connectivity index (χ1) is 9.19. The highest BCUT2D eigenvalue weighted by Crippen LogP contribution is 2.32. The van der Waals surface area contributed by atoms with Gasteiger partial charge in [0.15, 0.2) is 0 Å². The van der Waals surface area contributed by atoms with Gasteiger partial charge in [-0.05, 0) is 43.2 Å². The highest BCUT2D eigenvalue weighted by atomic mass is 32.1. The lowest BCUT2D eigenvalue weighted by Crippen LogP contribution is -2.55. The van der Waals surface area contributed by atoms with E-state index >= 15 is 0 Å². The van der Waals surface area contributed by atoms with Crippen molar-refractivity contribution in [3.63, 3.8) is 0 Å². The molecule has 0 unspecified atom stereocenters. The Hall–Kier alpha value is -1.07. The second kappa shape index (κ2) is 5.13. The Morgan fingerprint density at radius 2 is 1.89 bits per heavy atom. The molecule has 3 rings (SSSR count). The van der Waals surface area contributed by atoms with E-state index in [1.165, 1.54) is 5.00 Å². The van der Waals surface area contributed by atoms with E-state index in [1.807, 2.05) is 4.90 Å². The van der Waals surface area contributed by atoms with Crippen LogP contribution in [0.25, 0.3) is 0 Å². The van der Waals surface area contributed by atoms with Crippen molar-refractivity contribution >= 4 is 22.2 Å². The van der Waals surface area contributed by atoms with Crippen LogP contribution in [0.4, 0.5) is 5.00 Å². The Morgan fingerprint density at radius 3 is 2.47 bits per heavy atom. The van der Waals surface area contributed by atoms with Gasteiger partial charge in [-0.15, -0.1) is 11.3 Å². The van der Waals surface area contributed by atoms with Gasteiger partial charge in [0.2, 0.25) is 0 Å². The van der Waals surface area contributed by atoms with Crippen molar-refractivity contribution in [1.29, 1.82) is 0 Å². The number of piperazine rings is 1. The standard InChI is InChI=1S/C14H20N2O2S/c17-13(14(18)5-1-2-6-14)16-9-7-15(8-10-16)12-4-3-11-19-12/h3-4,11,18H,1-2,5-10H2. The molecule has 0 radical (unpaired) electrons. The molecule has 1 amide bonds. The molecular weight excluding hydrogens is 260 g/mol. The van der Waals surface area contributed by atoms with Crippen molar-refractivity contribution in [2.24, 2.45) is 0 Å². The average molecular weight is 280 g/mol. The molecule has 2 aliphatic rings. The van der Waals surface area contributed by atoms with Crippen LogP contribution in [0.2, 0.25) is 0 Å². The molecule has 0 bridgehead atoms. The zero-order valence-electron chi connectivity index (χ0n) is 11.0. The third-order valence-corrected chi connectivity index (χ3v) is 5.14. The van der Waals surface area contributed by atoms with Crippen LogP contribution in [0.5, 0.6) is 0 Å². The molecule has 1 aliphatic carbocycles. The summed E-state index contributed by atoms with van der Waals surface area (Å²) in [6.45, 7) is 3.17. The first kappa shape index (κ1) is 12.9. The summed E-state index contributed by atoms with van der Waals surface area (Å²) in [6.07, 6.45) is 3.21. The molecule has 0 spiro atoms. The fraction of sp³-hybridized carbons (Fsp3) is 0.643. The molecule has 104 valence electrons. The first-order valence-corrected chi connectivity index (χ1v) is 7.87. The maximum absolute atomic E-state index is 12.4. The number of hydrogen-bond donors (Lipinski definition) is 1. The quantitative estimate of drug-likeness (QED) is 0.897. The number of carbonyl (C=O) groups is 1. The van der Waals surface area contributed by atoms with Gasteiger partial charge in [0.25, 0.3) is 5.91 Å². The smallest absolute Gasteiger partial charge is 0.254 e. The Balaban J connectivity index is 1.59. The molecule has 19 heavy (non-hydrogen) atoms. The third kappa shape index (κ3) is 2.49. The van der Waals surface area contributed by atoms with Crippen LogP contribution < -0.4 is 4.90 Å². The third-order valence-electron chi connectivity index (χ3n) is 4.21. The molecule has 1 aromatic rings. The zero-order valence-corrected chi connectivity index (χ0v) is 11.9. The van der Waals surface area contributed by atoms with Crippen LogP contribution in [-0.4, -0.2) is 47.7 Å². The molecule has 1 aliphatic heterocycles. The van der Waals surface area contributed by atoms with Gasteiger partial charge in [0, 0.05) is 26.2 Å².